The number of esters is 2. The second kappa shape index (κ2) is 19.0. The van der Waals surface area contributed by atoms with Gasteiger partial charge in [-0.2, -0.15) is 0 Å². The van der Waals surface area contributed by atoms with Crippen LogP contribution >= 0.6 is 22.6 Å². The first-order chi connectivity index (χ1) is 24.3. The van der Waals surface area contributed by atoms with Crippen LogP contribution in [-0.4, -0.2) is 88.7 Å². The van der Waals surface area contributed by atoms with Gasteiger partial charge in [0.15, 0.2) is 5.79 Å². The lowest BCUT2D eigenvalue weighted by Crippen LogP contribution is -2.51. The van der Waals surface area contributed by atoms with Crippen molar-refractivity contribution < 1.29 is 43.2 Å². The molecule has 0 saturated carbocycles. The van der Waals surface area contributed by atoms with Gasteiger partial charge in [-0.15, -0.1) is 0 Å². The number of hydrogen-bond donors (Lipinski definition) is 2. The number of carbonyl (C=O) groups excluding carboxylic acids is 4. The van der Waals surface area contributed by atoms with Crippen LogP contribution < -0.4 is 5.32 Å². The molecule has 51 heavy (non-hydrogen) atoms. The zero-order chi connectivity index (χ0) is 37.2. The number of amides is 2. The van der Waals surface area contributed by atoms with E-state index in [2.05, 4.69) is 41.8 Å². The number of nitrogens with zero attached hydrogens (tertiary/aromatic N) is 1. The minimum Gasteiger partial charge on any atom is -0.460 e. The van der Waals surface area contributed by atoms with Crippen LogP contribution in [0, 0.1) is 3.57 Å². The quantitative estimate of drug-likeness (QED) is 0.104. The van der Waals surface area contributed by atoms with Crippen LogP contribution in [0.3, 0.4) is 0 Å². The normalized spacial score (nSPS) is 23.3. The summed E-state index contributed by atoms with van der Waals surface area (Å²) in [5.41, 5.74) is 0.195. The summed E-state index contributed by atoms with van der Waals surface area (Å²) < 4.78 is 26.0. The number of rotatable bonds is 17. The molecule has 0 bridgehead atoms. The monoisotopic (exact) mass is 824 g/mol. The molecule has 11 nitrogen and oxygen atoms in total. The maximum Gasteiger partial charge on any atom is 0.338 e. The molecule has 0 radical (unpaired) electrons. The first kappa shape index (κ1) is 41.2. The minimum absolute atomic E-state index is 0.0360. The second-order valence-electron chi connectivity index (χ2n) is 15.0. The van der Waals surface area contributed by atoms with E-state index in [1.54, 1.807) is 37.8 Å². The molecule has 2 N–H and O–H groups in total. The highest BCUT2D eigenvalue weighted by Crippen LogP contribution is 2.43. The molecule has 1 aliphatic carbocycles. The Bertz CT molecular complexity index is 1370. The summed E-state index contributed by atoms with van der Waals surface area (Å²) in [5.74, 6) is -2.44. The highest BCUT2D eigenvalue weighted by molar-refractivity contribution is 14.1. The van der Waals surface area contributed by atoms with E-state index in [1.807, 2.05) is 18.2 Å². The van der Waals surface area contributed by atoms with Gasteiger partial charge >= 0.3 is 11.9 Å². The maximum absolute atomic E-state index is 14.3. The minimum atomic E-state index is -0.836. The number of hydrogen-bond acceptors (Lipinski definition) is 9. The summed E-state index contributed by atoms with van der Waals surface area (Å²) in [6.45, 7) is 9.68. The highest BCUT2D eigenvalue weighted by atomic mass is 127. The topological polar surface area (TPSA) is 141 Å². The fraction of sp³-hybridized carbons (Fsp3) is 0.692. The smallest absolute Gasteiger partial charge is 0.338 e. The number of halogens is 1. The van der Waals surface area contributed by atoms with E-state index in [0.717, 1.165) is 42.1 Å². The van der Waals surface area contributed by atoms with Crippen LogP contribution in [0.25, 0.3) is 0 Å². The molecule has 2 amide bonds. The van der Waals surface area contributed by atoms with Gasteiger partial charge in [-0.1, -0.05) is 39.5 Å². The summed E-state index contributed by atoms with van der Waals surface area (Å²) in [4.78, 5) is 55.0. The summed E-state index contributed by atoms with van der Waals surface area (Å²) in [6, 6.07) is 5.71. The lowest BCUT2D eigenvalue weighted by molar-refractivity contribution is -0.190. The van der Waals surface area contributed by atoms with Gasteiger partial charge in [-0.3, -0.25) is 14.4 Å². The van der Waals surface area contributed by atoms with E-state index < -0.39 is 53.7 Å². The van der Waals surface area contributed by atoms with Crippen LogP contribution in [0.5, 0.6) is 0 Å². The Labute approximate surface area is 316 Å². The zero-order valence-corrected chi connectivity index (χ0v) is 33.1. The Hall–Kier alpha value is -2.55. The predicted octanol–water partition coefficient (Wildman–Crippen LogP) is 6.38. The molecule has 5 unspecified atom stereocenters. The fourth-order valence-corrected chi connectivity index (χ4v) is 7.40. The molecule has 2 aliphatic heterocycles. The molecule has 4 rings (SSSR count). The first-order valence-electron chi connectivity index (χ1n) is 18.7. The van der Waals surface area contributed by atoms with Gasteiger partial charge in [-0.05, 0) is 106 Å². The summed E-state index contributed by atoms with van der Waals surface area (Å²) in [6.07, 6.45) is 8.80. The highest BCUT2D eigenvalue weighted by Gasteiger charge is 2.53. The van der Waals surface area contributed by atoms with Crippen molar-refractivity contribution in [3.8, 4) is 0 Å². The fourth-order valence-electron chi connectivity index (χ4n) is 7.04. The lowest BCUT2D eigenvalue weighted by Gasteiger charge is -2.33. The van der Waals surface area contributed by atoms with E-state index in [9.17, 15) is 24.3 Å². The van der Waals surface area contributed by atoms with E-state index >= 15 is 0 Å². The Kier molecular flexibility index (Phi) is 15.3. The third-order valence-electron chi connectivity index (χ3n) is 9.61. The van der Waals surface area contributed by atoms with Gasteiger partial charge in [0, 0.05) is 41.4 Å². The van der Waals surface area contributed by atoms with Crippen molar-refractivity contribution in [1.82, 2.24) is 10.2 Å². The number of unbranched alkanes of at least 4 members (excludes halogenated alkanes) is 4. The molecule has 284 valence electrons. The SMILES string of the molecule is CCCCCC1(CCCCC)OC2C=C(C(=O)N3CCCC3C(=O)NC(CO)CCC(=O)OC(C)(C)C)CC(OC(=O)c3ccc(I)cc3)C2O1. The maximum atomic E-state index is 14.3. The molecule has 3 aliphatic rings. The van der Waals surface area contributed by atoms with Crippen LogP contribution in [0.1, 0.15) is 128 Å². The Morgan fingerprint density at radius 2 is 1.71 bits per heavy atom. The van der Waals surface area contributed by atoms with Gasteiger partial charge in [0.25, 0.3) is 0 Å². The van der Waals surface area contributed by atoms with Crippen LogP contribution in [-0.2, 0) is 33.3 Å². The van der Waals surface area contributed by atoms with E-state index in [1.165, 1.54) is 0 Å². The van der Waals surface area contributed by atoms with Crippen LogP contribution in [0.15, 0.2) is 35.9 Å². The third-order valence-corrected chi connectivity index (χ3v) is 10.3. The van der Waals surface area contributed by atoms with Crippen molar-refractivity contribution in [2.75, 3.05) is 13.2 Å². The lowest BCUT2D eigenvalue weighted by atomic mass is 9.91. The van der Waals surface area contributed by atoms with E-state index in [4.69, 9.17) is 18.9 Å². The number of aliphatic hydroxyl groups excluding tert-OH is 1. The number of carbonyl (C=O) groups is 4. The van der Waals surface area contributed by atoms with Gasteiger partial charge in [0.2, 0.25) is 11.8 Å². The number of ether oxygens (including phenoxy) is 4. The molecule has 2 saturated heterocycles. The molecule has 5 atom stereocenters. The van der Waals surface area contributed by atoms with Crippen molar-refractivity contribution >= 4 is 46.3 Å². The Balaban J connectivity index is 1.53. The van der Waals surface area contributed by atoms with Crippen molar-refractivity contribution in [3.63, 3.8) is 0 Å². The Morgan fingerprint density at radius 3 is 2.31 bits per heavy atom. The summed E-state index contributed by atoms with van der Waals surface area (Å²) >= 11 is 2.18. The molecule has 0 aromatic heterocycles. The third kappa shape index (κ3) is 11.7. The molecular formula is C39H57IN2O9. The summed E-state index contributed by atoms with van der Waals surface area (Å²) in [7, 11) is 0. The standard InChI is InChI=1S/C39H57IN2O9/c1-6-8-10-20-39(21-11-9-7-2)49-32-24-27(23-31(34(32)51-39)48-37(47)26-14-16-28(40)17-15-26)36(46)42-22-12-13-30(42)35(45)41-29(25-43)18-19-33(44)50-38(3,4)5/h14-17,24,29-32,34,43H,6-13,18-23,25H2,1-5H3,(H,41,45). The molecule has 2 fully saturated rings. The van der Waals surface area contributed by atoms with Gasteiger partial charge < -0.3 is 34.3 Å². The molecule has 12 heteroatoms. The van der Waals surface area contributed by atoms with Crippen molar-refractivity contribution in [3.05, 3.63) is 45.0 Å². The van der Waals surface area contributed by atoms with Gasteiger partial charge in [0.1, 0.15) is 30.0 Å². The molecular weight excluding hydrogens is 767 g/mol. The van der Waals surface area contributed by atoms with Gasteiger partial charge in [-0.25, -0.2) is 4.79 Å². The number of fused-ring (bicyclic) bond motifs is 1. The summed E-state index contributed by atoms with van der Waals surface area (Å²) in [5, 5.41) is 12.8. The first-order valence-corrected chi connectivity index (χ1v) is 19.8. The van der Waals surface area contributed by atoms with Crippen molar-refractivity contribution in [1.29, 1.82) is 0 Å². The number of nitrogens with one attached hydrogen (secondary N) is 1. The average molecular weight is 825 g/mol. The number of benzene rings is 1. The number of likely N-dealkylation sites (tertiary alicyclic amines) is 1. The second-order valence-corrected chi connectivity index (χ2v) is 16.3. The number of aliphatic hydroxyl groups is 1. The predicted molar refractivity (Wildman–Crippen MR) is 201 cm³/mol. The molecule has 1 aromatic rings. The van der Waals surface area contributed by atoms with E-state index in [-0.39, 0.29) is 37.7 Å². The van der Waals surface area contributed by atoms with Crippen LogP contribution in [0.2, 0.25) is 0 Å². The molecule has 0 spiro atoms. The largest absolute Gasteiger partial charge is 0.460 e. The van der Waals surface area contributed by atoms with Crippen molar-refractivity contribution in [2.45, 2.75) is 160 Å². The van der Waals surface area contributed by atoms with Crippen molar-refractivity contribution in [2.24, 2.45) is 0 Å². The van der Waals surface area contributed by atoms with Gasteiger partial charge in [0.05, 0.1) is 18.2 Å². The molecule has 1 aromatic carbocycles. The zero-order valence-electron chi connectivity index (χ0n) is 30.9. The van der Waals surface area contributed by atoms with E-state index in [0.29, 0.717) is 43.4 Å². The Morgan fingerprint density at radius 1 is 1.04 bits per heavy atom. The molecule has 2 heterocycles. The average Bonchev–Trinajstić information content (AvgIpc) is 3.72. The van der Waals surface area contributed by atoms with Crippen LogP contribution in [0.4, 0.5) is 0 Å².